The van der Waals surface area contributed by atoms with Crippen LogP contribution >= 0.6 is 12.4 Å². The molecule has 0 bridgehead atoms. The summed E-state index contributed by atoms with van der Waals surface area (Å²) >= 11 is 0. The Kier molecular flexibility index (Phi) is 5.19. The summed E-state index contributed by atoms with van der Waals surface area (Å²) in [6.07, 6.45) is 1.19. The summed E-state index contributed by atoms with van der Waals surface area (Å²) in [5.74, 6) is 0.477. The normalized spacial score (nSPS) is 20.8. The molecule has 1 saturated heterocycles. The van der Waals surface area contributed by atoms with Crippen LogP contribution in [0.2, 0.25) is 0 Å². The van der Waals surface area contributed by atoms with Gasteiger partial charge in [0.15, 0.2) is 0 Å². The van der Waals surface area contributed by atoms with Crippen LogP contribution < -0.4 is 5.73 Å². The van der Waals surface area contributed by atoms with Crippen LogP contribution in [0.1, 0.15) is 12.0 Å². The Morgan fingerprint density at radius 2 is 2.00 bits per heavy atom. The minimum absolute atomic E-state index is 0. The van der Waals surface area contributed by atoms with E-state index in [0.29, 0.717) is 5.92 Å². The van der Waals surface area contributed by atoms with Crippen LogP contribution in [0.3, 0.4) is 0 Å². The van der Waals surface area contributed by atoms with Gasteiger partial charge in [0.1, 0.15) is 5.82 Å². The molecule has 1 aromatic carbocycles. The van der Waals surface area contributed by atoms with Crippen LogP contribution in [0.4, 0.5) is 4.39 Å². The van der Waals surface area contributed by atoms with Crippen molar-refractivity contribution in [3.63, 3.8) is 0 Å². The molecule has 2 N–H and O–H groups in total. The van der Waals surface area contributed by atoms with E-state index in [9.17, 15) is 4.39 Å². The van der Waals surface area contributed by atoms with Crippen molar-refractivity contribution in [3.8, 4) is 0 Å². The molecule has 0 radical (unpaired) electrons. The Labute approximate surface area is 102 Å². The first kappa shape index (κ1) is 13.4. The first-order valence-electron chi connectivity index (χ1n) is 5.45. The van der Waals surface area contributed by atoms with E-state index >= 15 is 0 Å². The van der Waals surface area contributed by atoms with Crippen LogP contribution in [-0.2, 0) is 6.54 Å². The second-order valence-corrected chi connectivity index (χ2v) is 4.25. The van der Waals surface area contributed by atoms with E-state index in [0.717, 1.165) is 26.2 Å². The summed E-state index contributed by atoms with van der Waals surface area (Å²) in [5, 5.41) is 0. The second kappa shape index (κ2) is 6.18. The highest BCUT2D eigenvalue weighted by Gasteiger charge is 2.20. The molecule has 2 rings (SSSR count). The fourth-order valence-electron chi connectivity index (χ4n) is 2.10. The number of rotatable bonds is 3. The second-order valence-electron chi connectivity index (χ2n) is 4.25. The SMILES string of the molecule is Cl.NCC1CCN(Cc2ccc(F)cc2)C1. The molecular formula is C12H18ClFN2. The van der Waals surface area contributed by atoms with Crippen LogP contribution in [0, 0.1) is 11.7 Å². The standard InChI is InChI=1S/C12H17FN2.ClH/c13-12-3-1-10(2-4-12)8-15-6-5-11(7-14)9-15;/h1-4,11H,5-9,14H2;1H. The van der Waals surface area contributed by atoms with Gasteiger partial charge in [-0.3, -0.25) is 4.90 Å². The van der Waals surface area contributed by atoms with Crippen LogP contribution in [0.15, 0.2) is 24.3 Å². The summed E-state index contributed by atoms with van der Waals surface area (Å²) in [4.78, 5) is 2.38. The number of nitrogens with zero attached hydrogens (tertiary/aromatic N) is 1. The predicted molar refractivity (Wildman–Crippen MR) is 66.1 cm³/mol. The van der Waals surface area contributed by atoms with Gasteiger partial charge in [0.25, 0.3) is 0 Å². The third-order valence-electron chi connectivity index (χ3n) is 3.02. The van der Waals surface area contributed by atoms with Gasteiger partial charge in [-0.15, -0.1) is 12.4 Å². The quantitative estimate of drug-likeness (QED) is 0.882. The lowest BCUT2D eigenvalue weighted by Gasteiger charge is -2.15. The summed E-state index contributed by atoms with van der Waals surface area (Å²) in [5.41, 5.74) is 6.81. The lowest BCUT2D eigenvalue weighted by Crippen LogP contribution is -2.22. The van der Waals surface area contributed by atoms with E-state index in [2.05, 4.69) is 4.90 Å². The van der Waals surface area contributed by atoms with Gasteiger partial charge in [0, 0.05) is 13.1 Å². The first-order valence-corrected chi connectivity index (χ1v) is 5.45. The molecule has 1 aliphatic heterocycles. The molecule has 0 spiro atoms. The van der Waals surface area contributed by atoms with Crippen molar-refractivity contribution in [2.75, 3.05) is 19.6 Å². The van der Waals surface area contributed by atoms with Crippen molar-refractivity contribution < 1.29 is 4.39 Å². The molecule has 1 heterocycles. The predicted octanol–water partition coefficient (Wildman–Crippen LogP) is 2.03. The van der Waals surface area contributed by atoms with Crippen molar-refractivity contribution in [3.05, 3.63) is 35.6 Å². The topological polar surface area (TPSA) is 29.3 Å². The Morgan fingerprint density at radius 1 is 1.31 bits per heavy atom. The number of hydrogen-bond donors (Lipinski definition) is 1. The van der Waals surface area contributed by atoms with E-state index in [-0.39, 0.29) is 18.2 Å². The van der Waals surface area contributed by atoms with E-state index in [1.807, 2.05) is 12.1 Å². The lowest BCUT2D eigenvalue weighted by molar-refractivity contribution is 0.318. The maximum absolute atomic E-state index is 12.7. The van der Waals surface area contributed by atoms with E-state index in [4.69, 9.17) is 5.73 Å². The number of hydrogen-bond acceptors (Lipinski definition) is 2. The molecule has 1 unspecified atom stereocenters. The average molecular weight is 245 g/mol. The lowest BCUT2D eigenvalue weighted by atomic mass is 10.1. The minimum atomic E-state index is -0.167. The maximum atomic E-state index is 12.7. The number of halogens is 2. The highest BCUT2D eigenvalue weighted by atomic mass is 35.5. The van der Waals surface area contributed by atoms with Gasteiger partial charge in [0.05, 0.1) is 0 Å². The fourth-order valence-corrected chi connectivity index (χ4v) is 2.10. The van der Waals surface area contributed by atoms with Gasteiger partial charge >= 0.3 is 0 Å². The van der Waals surface area contributed by atoms with Crippen molar-refractivity contribution in [1.29, 1.82) is 0 Å². The van der Waals surface area contributed by atoms with Crippen LogP contribution in [0.25, 0.3) is 0 Å². The van der Waals surface area contributed by atoms with Gasteiger partial charge in [0.2, 0.25) is 0 Å². The third kappa shape index (κ3) is 3.44. The highest BCUT2D eigenvalue weighted by molar-refractivity contribution is 5.85. The Morgan fingerprint density at radius 3 is 2.56 bits per heavy atom. The zero-order valence-electron chi connectivity index (χ0n) is 9.23. The molecule has 0 saturated carbocycles. The number of likely N-dealkylation sites (tertiary alicyclic amines) is 1. The zero-order chi connectivity index (χ0) is 10.7. The van der Waals surface area contributed by atoms with Gasteiger partial charge in [-0.25, -0.2) is 4.39 Å². The van der Waals surface area contributed by atoms with Crippen LogP contribution in [-0.4, -0.2) is 24.5 Å². The van der Waals surface area contributed by atoms with Crippen LogP contribution in [0.5, 0.6) is 0 Å². The highest BCUT2D eigenvalue weighted by Crippen LogP contribution is 2.17. The molecule has 2 nitrogen and oxygen atoms in total. The number of benzene rings is 1. The molecule has 4 heteroatoms. The van der Waals surface area contributed by atoms with Gasteiger partial charge in [-0.1, -0.05) is 12.1 Å². The van der Waals surface area contributed by atoms with E-state index < -0.39 is 0 Å². The molecule has 1 fully saturated rings. The molecule has 1 atom stereocenters. The van der Waals surface area contributed by atoms with Crippen molar-refractivity contribution >= 4 is 12.4 Å². The fraction of sp³-hybridized carbons (Fsp3) is 0.500. The van der Waals surface area contributed by atoms with Gasteiger partial charge in [-0.2, -0.15) is 0 Å². The molecule has 1 aliphatic rings. The summed E-state index contributed by atoms with van der Waals surface area (Å²) in [7, 11) is 0. The summed E-state index contributed by atoms with van der Waals surface area (Å²) in [6, 6.07) is 6.74. The first-order chi connectivity index (χ1) is 7.28. The van der Waals surface area contributed by atoms with E-state index in [1.54, 1.807) is 0 Å². The minimum Gasteiger partial charge on any atom is -0.330 e. The van der Waals surface area contributed by atoms with Gasteiger partial charge < -0.3 is 5.73 Å². The van der Waals surface area contributed by atoms with Gasteiger partial charge in [-0.05, 0) is 43.1 Å². The molecule has 90 valence electrons. The third-order valence-corrected chi connectivity index (χ3v) is 3.02. The summed E-state index contributed by atoms with van der Waals surface area (Å²) < 4.78 is 12.7. The molecular weight excluding hydrogens is 227 g/mol. The molecule has 1 aromatic rings. The molecule has 16 heavy (non-hydrogen) atoms. The Balaban J connectivity index is 0.00000128. The smallest absolute Gasteiger partial charge is 0.123 e. The van der Waals surface area contributed by atoms with Crippen molar-refractivity contribution in [2.24, 2.45) is 11.7 Å². The average Bonchev–Trinajstić information content (AvgIpc) is 2.69. The Hall–Kier alpha value is -0.640. The largest absolute Gasteiger partial charge is 0.330 e. The molecule has 0 aliphatic carbocycles. The molecule has 0 amide bonds. The zero-order valence-corrected chi connectivity index (χ0v) is 10.0. The Bertz CT molecular complexity index is 315. The summed E-state index contributed by atoms with van der Waals surface area (Å²) in [6.45, 7) is 3.88. The number of nitrogens with two attached hydrogens (primary N) is 1. The molecule has 0 aromatic heterocycles. The maximum Gasteiger partial charge on any atom is 0.123 e. The van der Waals surface area contributed by atoms with Crippen molar-refractivity contribution in [2.45, 2.75) is 13.0 Å². The van der Waals surface area contributed by atoms with E-state index in [1.165, 1.54) is 24.1 Å². The monoisotopic (exact) mass is 244 g/mol. The van der Waals surface area contributed by atoms with Crippen molar-refractivity contribution in [1.82, 2.24) is 4.90 Å².